The van der Waals surface area contributed by atoms with Crippen LogP contribution in [0.1, 0.15) is 55.9 Å². The van der Waals surface area contributed by atoms with Gasteiger partial charge < -0.3 is 14.9 Å². The van der Waals surface area contributed by atoms with Crippen LogP contribution in [-0.2, 0) is 4.79 Å². The van der Waals surface area contributed by atoms with Crippen LogP contribution in [0.25, 0.3) is 0 Å². The first-order chi connectivity index (χ1) is 11.8. The van der Waals surface area contributed by atoms with Gasteiger partial charge in [0.1, 0.15) is 0 Å². The molecule has 1 heterocycles. The van der Waals surface area contributed by atoms with Crippen molar-refractivity contribution in [3.05, 3.63) is 34.9 Å². The normalized spacial score (nSPS) is 17.7. The average Bonchev–Trinajstić information content (AvgIpc) is 2.57. The number of amides is 1. The lowest BCUT2D eigenvalue weighted by Gasteiger charge is -2.34. The summed E-state index contributed by atoms with van der Waals surface area (Å²) in [6, 6.07) is 6.52. The third-order valence-corrected chi connectivity index (χ3v) is 5.56. The van der Waals surface area contributed by atoms with Crippen LogP contribution in [0.5, 0.6) is 0 Å². The predicted octanol–water partition coefficient (Wildman–Crippen LogP) is 3.31. The molecule has 0 aromatic heterocycles. The second-order valence-corrected chi connectivity index (χ2v) is 7.92. The lowest BCUT2D eigenvalue weighted by molar-refractivity contribution is -0.132. The number of piperidine rings is 1. The van der Waals surface area contributed by atoms with Gasteiger partial charge in [0.25, 0.3) is 0 Å². The summed E-state index contributed by atoms with van der Waals surface area (Å²) < 4.78 is 0. The lowest BCUT2D eigenvalue weighted by Crippen LogP contribution is -2.39. The summed E-state index contributed by atoms with van der Waals surface area (Å²) in [5, 5.41) is 10.6. The van der Waals surface area contributed by atoms with Crippen molar-refractivity contribution in [3.63, 3.8) is 0 Å². The van der Waals surface area contributed by atoms with Gasteiger partial charge in [0, 0.05) is 26.1 Å². The van der Waals surface area contributed by atoms with Crippen molar-refractivity contribution in [2.75, 3.05) is 26.7 Å². The molecule has 1 aliphatic heterocycles. The molecule has 1 aliphatic rings. The smallest absolute Gasteiger partial charge is 0.222 e. The number of hydrogen-bond acceptors (Lipinski definition) is 3. The Morgan fingerprint density at radius 3 is 2.52 bits per heavy atom. The maximum absolute atomic E-state index is 12.2. The molecule has 1 amide bonds. The molecule has 1 atom stereocenters. The largest absolute Gasteiger partial charge is 0.387 e. The van der Waals surface area contributed by atoms with Crippen molar-refractivity contribution in [2.45, 2.75) is 59.1 Å². The Bertz CT molecular complexity index is 577. The van der Waals surface area contributed by atoms with Gasteiger partial charge in [-0.05, 0) is 70.7 Å². The summed E-state index contributed by atoms with van der Waals surface area (Å²) in [5.41, 5.74) is 3.37. The standard InChI is InChI=1S/C21H34N2O2/c1-15(2)22(5)21(25)13-18-8-10-23(11-9-18)14-20(24)19-12-16(3)6-7-17(19)4/h6-7,12,15,18,20,24H,8-11,13-14H2,1-5H3/t20-/m1/s1. The Kier molecular flexibility index (Phi) is 7.03. The quantitative estimate of drug-likeness (QED) is 0.859. The van der Waals surface area contributed by atoms with Gasteiger partial charge >= 0.3 is 0 Å². The Hall–Kier alpha value is -1.39. The molecule has 4 heteroatoms. The van der Waals surface area contributed by atoms with Crippen molar-refractivity contribution in [1.82, 2.24) is 9.80 Å². The van der Waals surface area contributed by atoms with Crippen molar-refractivity contribution < 1.29 is 9.90 Å². The highest BCUT2D eigenvalue weighted by Gasteiger charge is 2.25. The second-order valence-electron chi connectivity index (χ2n) is 7.92. The average molecular weight is 347 g/mol. The van der Waals surface area contributed by atoms with Gasteiger partial charge in [-0.3, -0.25) is 4.79 Å². The molecular formula is C21H34N2O2. The highest BCUT2D eigenvalue weighted by atomic mass is 16.3. The maximum atomic E-state index is 12.2. The first kappa shape index (κ1) is 19.9. The maximum Gasteiger partial charge on any atom is 0.222 e. The molecule has 1 aromatic rings. The third kappa shape index (κ3) is 5.55. The van der Waals surface area contributed by atoms with E-state index in [-0.39, 0.29) is 11.9 Å². The van der Waals surface area contributed by atoms with Crippen LogP contribution in [-0.4, -0.2) is 53.5 Å². The fourth-order valence-electron chi connectivity index (χ4n) is 3.51. The number of rotatable bonds is 6. The molecule has 1 aromatic carbocycles. The van der Waals surface area contributed by atoms with E-state index in [4.69, 9.17) is 0 Å². The summed E-state index contributed by atoms with van der Waals surface area (Å²) in [4.78, 5) is 16.4. The SMILES string of the molecule is Cc1ccc(C)c([C@H](O)CN2CCC(CC(=O)N(C)C(C)C)CC2)c1. The molecule has 2 rings (SSSR count). The van der Waals surface area contributed by atoms with Gasteiger partial charge in [-0.25, -0.2) is 0 Å². The molecule has 0 aliphatic carbocycles. The highest BCUT2D eigenvalue weighted by Crippen LogP contribution is 2.25. The van der Waals surface area contributed by atoms with E-state index in [1.165, 1.54) is 5.56 Å². The van der Waals surface area contributed by atoms with Crippen molar-refractivity contribution in [1.29, 1.82) is 0 Å². The van der Waals surface area contributed by atoms with Gasteiger partial charge in [0.2, 0.25) is 5.91 Å². The van der Waals surface area contributed by atoms with Gasteiger partial charge in [0.15, 0.2) is 0 Å². The van der Waals surface area contributed by atoms with Crippen LogP contribution >= 0.6 is 0 Å². The van der Waals surface area contributed by atoms with Gasteiger partial charge in [-0.1, -0.05) is 23.8 Å². The summed E-state index contributed by atoms with van der Waals surface area (Å²) in [7, 11) is 1.89. The van der Waals surface area contributed by atoms with Crippen LogP contribution in [0.2, 0.25) is 0 Å². The molecule has 25 heavy (non-hydrogen) atoms. The van der Waals surface area contributed by atoms with Crippen LogP contribution in [0.3, 0.4) is 0 Å². The number of likely N-dealkylation sites (tertiary alicyclic amines) is 1. The minimum Gasteiger partial charge on any atom is -0.387 e. The molecule has 0 unspecified atom stereocenters. The highest BCUT2D eigenvalue weighted by molar-refractivity contribution is 5.76. The van der Waals surface area contributed by atoms with E-state index < -0.39 is 6.10 Å². The van der Waals surface area contributed by atoms with Crippen LogP contribution in [0.4, 0.5) is 0 Å². The Morgan fingerprint density at radius 2 is 1.92 bits per heavy atom. The predicted molar refractivity (Wildman–Crippen MR) is 103 cm³/mol. The number of hydrogen-bond donors (Lipinski definition) is 1. The molecule has 4 nitrogen and oxygen atoms in total. The Morgan fingerprint density at radius 1 is 1.28 bits per heavy atom. The van der Waals surface area contributed by atoms with Crippen molar-refractivity contribution in [3.8, 4) is 0 Å². The van der Waals surface area contributed by atoms with Crippen LogP contribution < -0.4 is 0 Å². The molecule has 0 radical (unpaired) electrons. The van der Waals surface area contributed by atoms with E-state index in [2.05, 4.69) is 50.8 Å². The van der Waals surface area contributed by atoms with Crippen molar-refractivity contribution >= 4 is 5.91 Å². The van der Waals surface area contributed by atoms with E-state index in [0.717, 1.165) is 37.1 Å². The zero-order chi connectivity index (χ0) is 18.6. The molecular weight excluding hydrogens is 312 g/mol. The monoisotopic (exact) mass is 346 g/mol. The minimum absolute atomic E-state index is 0.254. The topological polar surface area (TPSA) is 43.8 Å². The summed E-state index contributed by atoms with van der Waals surface area (Å²) in [6.45, 7) is 10.8. The first-order valence-corrected chi connectivity index (χ1v) is 9.51. The molecule has 1 saturated heterocycles. The number of aliphatic hydroxyl groups is 1. The molecule has 140 valence electrons. The molecule has 1 fully saturated rings. The Labute approximate surface area is 152 Å². The zero-order valence-electron chi connectivity index (χ0n) is 16.5. The number of nitrogens with zero attached hydrogens (tertiary/aromatic N) is 2. The number of aliphatic hydroxyl groups excluding tert-OH is 1. The molecule has 1 N–H and O–H groups in total. The summed E-state index contributed by atoms with van der Waals surface area (Å²) in [6.07, 6.45) is 2.29. The summed E-state index contributed by atoms with van der Waals surface area (Å²) in [5.74, 6) is 0.728. The van der Waals surface area contributed by atoms with Crippen LogP contribution in [0, 0.1) is 19.8 Å². The number of aryl methyl sites for hydroxylation is 2. The van der Waals surface area contributed by atoms with Gasteiger partial charge in [-0.2, -0.15) is 0 Å². The molecule has 0 saturated carbocycles. The third-order valence-electron chi connectivity index (χ3n) is 5.56. The lowest BCUT2D eigenvalue weighted by atomic mass is 9.92. The van der Waals surface area contributed by atoms with Crippen LogP contribution in [0.15, 0.2) is 18.2 Å². The number of carbonyl (C=O) groups excluding carboxylic acids is 1. The van der Waals surface area contributed by atoms with E-state index >= 15 is 0 Å². The Balaban J connectivity index is 1.82. The number of carbonyl (C=O) groups is 1. The first-order valence-electron chi connectivity index (χ1n) is 9.51. The minimum atomic E-state index is -0.440. The van der Waals surface area contributed by atoms with E-state index in [0.29, 0.717) is 18.9 Å². The van der Waals surface area contributed by atoms with Gasteiger partial charge in [0.05, 0.1) is 6.10 Å². The summed E-state index contributed by atoms with van der Waals surface area (Å²) >= 11 is 0. The number of β-amino-alcohol motifs (C(OH)–C–C–N with tert-alkyl or cyclic N) is 1. The zero-order valence-corrected chi connectivity index (χ0v) is 16.5. The van der Waals surface area contributed by atoms with E-state index in [9.17, 15) is 9.90 Å². The molecule has 0 spiro atoms. The fraction of sp³-hybridized carbons (Fsp3) is 0.667. The van der Waals surface area contributed by atoms with E-state index in [1.54, 1.807) is 0 Å². The van der Waals surface area contributed by atoms with Crippen molar-refractivity contribution in [2.24, 2.45) is 5.92 Å². The molecule has 0 bridgehead atoms. The van der Waals surface area contributed by atoms with Gasteiger partial charge in [-0.15, -0.1) is 0 Å². The fourth-order valence-corrected chi connectivity index (χ4v) is 3.51. The number of benzene rings is 1. The second kappa shape index (κ2) is 8.81. The van der Waals surface area contributed by atoms with E-state index in [1.807, 2.05) is 11.9 Å².